The molecule has 2 heterocycles. The van der Waals surface area contributed by atoms with E-state index in [0.717, 1.165) is 49.7 Å². The Morgan fingerprint density at radius 1 is 1.55 bits per heavy atom. The fourth-order valence-corrected chi connectivity index (χ4v) is 3.54. The first-order valence-corrected chi connectivity index (χ1v) is 7.88. The molecule has 120 valence electrons. The van der Waals surface area contributed by atoms with Crippen molar-refractivity contribution in [3.05, 3.63) is 29.1 Å². The molecule has 0 radical (unpaired) electrons. The third kappa shape index (κ3) is 2.99. The third-order valence-corrected chi connectivity index (χ3v) is 4.98. The Kier molecular flexibility index (Phi) is 4.71. The maximum absolute atomic E-state index is 11.4. The zero-order valence-electron chi connectivity index (χ0n) is 12.9. The molecule has 0 aromatic carbocycles. The van der Waals surface area contributed by atoms with Crippen molar-refractivity contribution in [3.63, 3.8) is 0 Å². The van der Waals surface area contributed by atoms with Crippen molar-refractivity contribution in [2.24, 2.45) is 5.92 Å². The predicted molar refractivity (Wildman–Crippen MR) is 80.6 cm³/mol. The summed E-state index contributed by atoms with van der Waals surface area (Å²) in [5, 5.41) is 8.70. The van der Waals surface area contributed by atoms with Gasteiger partial charge in [0.2, 0.25) is 0 Å². The second-order valence-corrected chi connectivity index (χ2v) is 6.18. The van der Waals surface area contributed by atoms with Crippen LogP contribution >= 0.6 is 0 Å². The van der Waals surface area contributed by atoms with E-state index in [0.29, 0.717) is 11.6 Å². The maximum Gasteiger partial charge on any atom is 0.276 e. The summed E-state index contributed by atoms with van der Waals surface area (Å²) in [6.45, 7) is 2.70. The van der Waals surface area contributed by atoms with Crippen LogP contribution in [0.1, 0.15) is 40.9 Å². The van der Waals surface area contributed by atoms with Crippen LogP contribution in [0, 0.1) is 5.92 Å². The van der Waals surface area contributed by atoms with Crippen LogP contribution in [0.5, 0.6) is 0 Å². The number of aromatic nitrogens is 1. The number of hydroxylamine groups is 1. The number of hydrogen-bond donors (Lipinski definition) is 2. The van der Waals surface area contributed by atoms with E-state index in [9.17, 15) is 4.79 Å². The summed E-state index contributed by atoms with van der Waals surface area (Å²) in [6.07, 6.45) is 6.13. The van der Waals surface area contributed by atoms with Gasteiger partial charge in [-0.05, 0) is 43.2 Å². The van der Waals surface area contributed by atoms with Gasteiger partial charge >= 0.3 is 0 Å². The number of pyridine rings is 1. The maximum atomic E-state index is 11.4. The van der Waals surface area contributed by atoms with Crippen molar-refractivity contribution >= 4 is 5.91 Å². The van der Waals surface area contributed by atoms with Gasteiger partial charge in [0.05, 0.1) is 11.3 Å². The van der Waals surface area contributed by atoms with Gasteiger partial charge in [-0.2, -0.15) is 0 Å². The van der Waals surface area contributed by atoms with E-state index in [-0.39, 0.29) is 0 Å². The SMILES string of the molecule is COCCC1CCC1N1CCc2cc(C(=O)NO)cnc2C1. The Morgan fingerprint density at radius 3 is 3.09 bits per heavy atom. The number of nitrogens with one attached hydrogen (secondary N) is 1. The van der Waals surface area contributed by atoms with Crippen LogP contribution in [0.15, 0.2) is 12.3 Å². The van der Waals surface area contributed by atoms with E-state index in [1.54, 1.807) is 12.6 Å². The van der Waals surface area contributed by atoms with Crippen LogP contribution < -0.4 is 5.48 Å². The van der Waals surface area contributed by atoms with E-state index in [1.807, 2.05) is 6.07 Å². The second-order valence-electron chi connectivity index (χ2n) is 6.18. The highest BCUT2D eigenvalue weighted by Gasteiger charge is 2.36. The van der Waals surface area contributed by atoms with Gasteiger partial charge in [-0.15, -0.1) is 0 Å². The van der Waals surface area contributed by atoms with Gasteiger partial charge in [0.15, 0.2) is 0 Å². The lowest BCUT2D eigenvalue weighted by Gasteiger charge is -2.46. The van der Waals surface area contributed by atoms with Crippen molar-refractivity contribution in [1.29, 1.82) is 0 Å². The summed E-state index contributed by atoms with van der Waals surface area (Å²) in [4.78, 5) is 18.4. The zero-order valence-corrected chi connectivity index (χ0v) is 12.9. The summed E-state index contributed by atoms with van der Waals surface area (Å²) in [7, 11) is 1.76. The van der Waals surface area contributed by atoms with Gasteiger partial charge < -0.3 is 4.74 Å². The normalized spacial score (nSPS) is 24.5. The van der Waals surface area contributed by atoms with Gasteiger partial charge in [-0.3, -0.25) is 19.9 Å². The first-order valence-electron chi connectivity index (χ1n) is 7.88. The van der Waals surface area contributed by atoms with Crippen LogP contribution in [0.3, 0.4) is 0 Å². The van der Waals surface area contributed by atoms with E-state index >= 15 is 0 Å². The van der Waals surface area contributed by atoms with Gasteiger partial charge in [0, 0.05) is 39.0 Å². The highest BCUT2D eigenvalue weighted by Crippen LogP contribution is 2.36. The van der Waals surface area contributed by atoms with Crippen molar-refractivity contribution in [1.82, 2.24) is 15.4 Å². The van der Waals surface area contributed by atoms with Gasteiger partial charge in [-0.25, -0.2) is 5.48 Å². The van der Waals surface area contributed by atoms with Crippen molar-refractivity contribution < 1.29 is 14.7 Å². The van der Waals surface area contributed by atoms with Crippen molar-refractivity contribution in [3.8, 4) is 0 Å². The highest BCUT2D eigenvalue weighted by atomic mass is 16.5. The largest absolute Gasteiger partial charge is 0.385 e. The molecule has 1 aliphatic carbocycles. The number of nitrogens with zero attached hydrogens (tertiary/aromatic N) is 2. The molecule has 2 N–H and O–H groups in total. The lowest BCUT2D eigenvalue weighted by atomic mass is 9.76. The van der Waals surface area contributed by atoms with Gasteiger partial charge in [0.1, 0.15) is 0 Å². The Balaban J connectivity index is 1.65. The van der Waals surface area contributed by atoms with Crippen LogP contribution in [0.2, 0.25) is 0 Å². The number of amides is 1. The lowest BCUT2D eigenvalue weighted by molar-refractivity contribution is 0.0307. The molecule has 6 heteroatoms. The molecule has 2 aliphatic rings. The smallest absolute Gasteiger partial charge is 0.276 e. The number of hydrogen-bond acceptors (Lipinski definition) is 5. The average molecular weight is 305 g/mol. The molecule has 6 nitrogen and oxygen atoms in total. The molecule has 1 aromatic heterocycles. The second kappa shape index (κ2) is 6.73. The molecule has 0 saturated heterocycles. The van der Waals surface area contributed by atoms with Gasteiger partial charge in [0.25, 0.3) is 5.91 Å². The molecule has 1 amide bonds. The molecule has 2 unspecified atom stereocenters. The van der Waals surface area contributed by atoms with Crippen LogP contribution in [0.4, 0.5) is 0 Å². The van der Waals surface area contributed by atoms with Gasteiger partial charge in [-0.1, -0.05) is 0 Å². The minimum Gasteiger partial charge on any atom is -0.385 e. The summed E-state index contributed by atoms with van der Waals surface area (Å²) in [6, 6.07) is 2.49. The molecule has 0 spiro atoms. The first kappa shape index (κ1) is 15.4. The van der Waals surface area contributed by atoms with Crippen LogP contribution in [0.25, 0.3) is 0 Å². The number of carbonyl (C=O) groups excluding carboxylic acids is 1. The standard InChI is InChI=1S/C16H23N3O3/c1-22-7-5-11-2-3-15(11)19-6-4-12-8-13(16(20)18-21)9-17-14(12)10-19/h8-9,11,15,21H,2-7,10H2,1H3,(H,18,20). The molecule has 0 bridgehead atoms. The quantitative estimate of drug-likeness (QED) is 0.635. The molecule has 1 fully saturated rings. The summed E-state index contributed by atoms with van der Waals surface area (Å²) < 4.78 is 5.20. The molecule has 22 heavy (non-hydrogen) atoms. The van der Waals surface area contributed by atoms with E-state index in [2.05, 4.69) is 9.88 Å². The minimum absolute atomic E-state index is 0.413. The Hall–Kier alpha value is -1.50. The number of fused-ring (bicyclic) bond motifs is 1. The molecule has 1 aromatic rings. The Morgan fingerprint density at radius 2 is 2.41 bits per heavy atom. The van der Waals surface area contributed by atoms with E-state index in [4.69, 9.17) is 9.94 Å². The number of ether oxygens (including phenoxy) is 1. The molecule has 1 saturated carbocycles. The minimum atomic E-state index is -0.503. The molecular formula is C16H23N3O3. The summed E-state index contributed by atoms with van der Waals surface area (Å²) >= 11 is 0. The van der Waals surface area contributed by atoms with E-state index in [1.165, 1.54) is 19.0 Å². The molecule has 1 aliphatic heterocycles. The number of rotatable bonds is 5. The van der Waals surface area contributed by atoms with E-state index < -0.39 is 5.91 Å². The van der Waals surface area contributed by atoms with Crippen LogP contribution in [-0.2, 0) is 17.7 Å². The van der Waals surface area contributed by atoms with Crippen molar-refractivity contribution in [2.45, 2.75) is 38.3 Å². The fourth-order valence-electron chi connectivity index (χ4n) is 3.54. The first-order chi connectivity index (χ1) is 10.7. The lowest BCUT2D eigenvalue weighted by Crippen LogP contribution is -2.49. The number of carbonyl (C=O) groups is 1. The average Bonchev–Trinajstić information content (AvgIpc) is 2.53. The highest BCUT2D eigenvalue weighted by molar-refractivity contribution is 5.93. The fraction of sp³-hybridized carbons (Fsp3) is 0.625. The molecule has 2 atom stereocenters. The summed E-state index contributed by atoms with van der Waals surface area (Å²) in [5.74, 6) is 0.234. The number of methoxy groups -OCH3 is 1. The monoisotopic (exact) mass is 305 g/mol. The van der Waals surface area contributed by atoms with Crippen molar-refractivity contribution in [2.75, 3.05) is 20.3 Å². The topological polar surface area (TPSA) is 74.7 Å². The Labute approximate surface area is 130 Å². The Bertz CT molecular complexity index is 549. The molecule has 3 rings (SSSR count). The molecular weight excluding hydrogens is 282 g/mol. The summed E-state index contributed by atoms with van der Waals surface area (Å²) in [5.41, 5.74) is 4.24. The predicted octanol–water partition coefficient (Wildman–Crippen LogP) is 1.37. The zero-order chi connectivity index (χ0) is 15.5. The third-order valence-electron chi connectivity index (χ3n) is 4.98. The van der Waals surface area contributed by atoms with Crippen LogP contribution in [-0.4, -0.2) is 47.3 Å².